The van der Waals surface area contributed by atoms with Crippen molar-refractivity contribution in [1.82, 2.24) is 10.2 Å². The number of nitrogens with zero attached hydrogens (tertiary/aromatic N) is 2. The third-order valence-corrected chi connectivity index (χ3v) is 2.08. The van der Waals surface area contributed by atoms with Crippen LogP contribution in [0.25, 0.3) is 0 Å². The molecule has 1 aromatic heterocycles. The van der Waals surface area contributed by atoms with Crippen molar-refractivity contribution in [2.75, 3.05) is 11.9 Å². The lowest BCUT2D eigenvalue weighted by Crippen LogP contribution is -2.15. The minimum atomic E-state index is -0.827. The van der Waals surface area contributed by atoms with E-state index in [0.717, 1.165) is 5.69 Å². The van der Waals surface area contributed by atoms with E-state index in [2.05, 4.69) is 36.3 Å². The second-order valence-electron chi connectivity index (χ2n) is 4.62. The van der Waals surface area contributed by atoms with E-state index in [1.54, 1.807) is 0 Å². The molecule has 2 N–H and O–H groups in total. The Morgan fingerprint density at radius 3 is 2.50 bits per heavy atom. The van der Waals surface area contributed by atoms with Crippen molar-refractivity contribution < 1.29 is 9.90 Å². The maximum atomic E-state index is 10.3. The van der Waals surface area contributed by atoms with E-state index in [1.807, 2.05) is 12.1 Å². The summed E-state index contributed by atoms with van der Waals surface area (Å²) in [6.07, 6.45) is 0.0721. The van der Waals surface area contributed by atoms with Crippen LogP contribution in [0.5, 0.6) is 0 Å². The summed E-state index contributed by atoms with van der Waals surface area (Å²) < 4.78 is 0. The summed E-state index contributed by atoms with van der Waals surface area (Å²) in [5.74, 6) is -0.221. The van der Waals surface area contributed by atoms with Crippen LogP contribution in [-0.2, 0) is 10.2 Å². The van der Waals surface area contributed by atoms with Crippen LogP contribution < -0.4 is 5.32 Å². The number of hydrogen-bond acceptors (Lipinski definition) is 4. The van der Waals surface area contributed by atoms with Crippen LogP contribution in [0.15, 0.2) is 12.1 Å². The topological polar surface area (TPSA) is 75.1 Å². The van der Waals surface area contributed by atoms with Gasteiger partial charge in [-0.1, -0.05) is 20.8 Å². The van der Waals surface area contributed by atoms with Gasteiger partial charge >= 0.3 is 5.97 Å². The van der Waals surface area contributed by atoms with E-state index in [1.165, 1.54) is 0 Å². The molecule has 1 rings (SSSR count). The van der Waals surface area contributed by atoms with E-state index in [4.69, 9.17) is 5.11 Å². The van der Waals surface area contributed by atoms with Crippen molar-refractivity contribution in [3.63, 3.8) is 0 Å². The van der Waals surface area contributed by atoms with Gasteiger partial charge in [-0.05, 0) is 12.1 Å². The van der Waals surface area contributed by atoms with Crippen LogP contribution in [0.3, 0.4) is 0 Å². The van der Waals surface area contributed by atoms with Crippen LogP contribution >= 0.6 is 0 Å². The van der Waals surface area contributed by atoms with Crippen LogP contribution in [0.1, 0.15) is 32.9 Å². The Morgan fingerprint density at radius 1 is 1.38 bits per heavy atom. The molecule has 0 bridgehead atoms. The number of carboxylic acids is 1. The number of rotatable bonds is 4. The molecule has 0 fully saturated rings. The SMILES string of the molecule is CC(C)(C)c1ccc(NCCC(=O)O)nn1. The first-order valence-corrected chi connectivity index (χ1v) is 5.19. The minimum absolute atomic E-state index is 0.0212. The molecular formula is C11H17N3O2. The van der Waals surface area contributed by atoms with Gasteiger partial charge in [0.05, 0.1) is 12.1 Å². The Bertz CT molecular complexity index is 354. The fourth-order valence-electron chi connectivity index (χ4n) is 1.12. The number of carboxylic acid groups (broad SMARTS) is 1. The summed E-state index contributed by atoms with van der Waals surface area (Å²) in [6, 6.07) is 3.71. The normalized spacial score (nSPS) is 11.2. The molecule has 1 heterocycles. The predicted molar refractivity (Wildman–Crippen MR) is 61.5 cm³/mol. The highest BCUT2D eigenvalue weighted by Crippen LogP contribution is 2.19. The molecule has 5 nitrogen and oxygen atoms in total. The third-order valence-electron chi connectivity index (χ3n) is 2.08. The van der Waals surface area contributed by atoms with Crippen molar-refractivity contribution in [3.8, 4) is 0 Å². The van der Waals surface area contributed by atoms with Gasteiger partial charge in [-0.2, -0.15) is 5.10 Å². The molecule has 0 spiro atoms. The van der Waals surface area contributed by atoms with E-state index < -0.39 is 5.97 Å². The van der Waals surface area contributed by atoms with Crippen LogP contribution in [-0.4, -0.2) is 27.8 Å². The highest BCUT2D eigenvalue weighted by Gasteiger charge is 2.15. The molecule has 1 aromatic rings. The lowest BCUT2D eigenvalue weighted by atomic mass is 9.92. The summed E-state index contributed by atoms with van der Waals surface area (Å²) in [6.45, 7) is 6.55. The number of anilines is 1. The number of aromatic nitrogens is 2. The minimum Gasteiger partial charge on any atom is -0.481 e. The van der Waals surface area contributed by atoms with Gasteiger partial charge in [0.15, 0.2) is 0 Å². The molecule has 0 saturated carbocycles. The van der Waals surface area contributed by atoms with Crippen LogP contribution in [0, 0.1) is 0 Å². The molecule has 0 aromatic carbocycles. The van der Waals surface area contributed by atoms with Gasteiger partial charge in [0, 0.05) is 12.0 Å². The van der Waals surface area contributed by atoms with Crippen molar-refractivity contribution in [2.45, 2.75) is 32.6 Å². The molecular weight excluding hydrogens is 206 g/mol. The van der Waals surface area contributed by atoms with Gasteiger partial charge in [-0.25, -0.2) is 0 Å². The van der Waals surface area contributed by atoms with Crippen molar-refractivity contribution in [1.29, 1.82) is 0 Å². The molecule has 0 aliphatic heterocycles. The molecule has 0 atom stereocenters. The molecule has 88 valence electrons. The maximum absolute atomic E-state index is 10.3. The first-order chi connectivity index (χ1) is 7.39. The summed E-state index contributed by atoms with van der Waals surface area (Å²) in [5, 5.41) is 19.4. The van der Waals surface area contributed by atoms with Gasteiger partial charge in [0.1, 0.15) is 5.82 Å². The zero-order valence-corrected chi connectivity index (χ0v) is 9.82. The highest BCUT2D eigenvalue weighted by molar-refractivity contribution is 5.67. The van der Waals surface area contributed by atoms with Crippen molar-refractivity contribution in [3.05, 3.63) is 17.8 Å². The molecule has 0 aliphatic rings. The molecule has 0 radical (unpaired) electrons. The quantitative estimate of drug-likeness (QED) is 0.812. The fraction of sp³-hybridized carbons (Fsp3) is 0.545. The summed E-state index contributed by atoms with van der Waals surface area (Å²) in [5.41, 5.74) is 0.892. The molecule has 16 heavy (non-hydrogen) atoms. The summed E-state index contributed by atoms with van der Waals surface area (Å²) in [4.78, 5) is 10.3. The van der Waals surface area contributed by atoms with Gasteiger partial charge in [0.25, 0.3) is 0 Å². The number of hydrogen-bond donors (Lipinski definition) is 2. The molecule has 5 heteroatoms. The van der Waals surface area contributed by atoms with Crippen LogP contribution in [0.4, 0.5) is 5.82 Å². The number of aliphatic carboxylic acids is 1. The zero-order chi connectivity index (χ0) is 12.2. The zero-order valence-electron chi connectivity index (χ0n) is 9.82. The Hall–Kier alpha value is -1.65. The van der Waals surface area contributed by atoms with E-state index in [-0.39, 0.29) is 11.8 Å². The van der Waals surface area contributed by atoms with Gasteiger partial charge in [-0.15, -0.1) is 5.10 Å². The standard InChI is InChI=1S/C11H17N3O2/c1-11(2,3)8-4-5-9(14-13-8)12-7-6-10(15)16/h4-5H,6-7H2,1-3H3,(H,12,14)(H,15,16). The Labute approximate surface area is 94.9 Å². The number of carbonyl (C=O) groups is 1. The van der Waals surface area contributed by atoms with Crippen LogP contribution in [0.2, 0.25) is 0 Å². The van der Waals surface area contributed by atoms with Gasteiger partial charge in [0.2, 0.25) is 0 Å². The smallest absolute Gasteiger partial charge is 0.305 e. The largest absolute Gasteiger partial charge is 0.481 e. The average Bonchev–Trinajstić information content (AvgIpc) is 2.16. The lowest BCUT2D eigenvalue weighted by Gasteiger charge is -2.16. The van der Waals surface area contributed by atoms with Gasteiger partial charge < -0.3 is 10.4 Å². The van der Waals surface area contributed by atoms with E-state index in [0.29, 0.717) is 12.4 Å². The van der Waals surface area contributed by atoms with Crippen molar-refractivity contribution in [2.24, 2.45) is 0 Å². The van der Waals surface area contributed by atoms with Gasteiger partial charge in [-0.3, -0.25) is 4.79 Å². The third kappa shape index (κ3) is 3.84. The number of nitrogens with one attached hydrogen (secondary N) is 1. The second kappa shape index (κ2) is 4.92. The fourth-order valence-corrected chi connectivity index (χ4v) is 1.12. The van der Waals surface area contributed by atoms with Crippen molar-refractivity contribution >= 4 is 11.8 Å². The lowest BCUT2D eigenvalue weighted by molar-refractivity contribution is -0.136. The monoisotopic (exact) mass is 223 g/mol. The molecule has 0 unspecified atom stereocenters. The Kier molecular flexibility index (Phi) is 3.82. The molecule has 0 saturated heterocycles. The first kappa shape index (κ1) is 12.4. The Morgan fingerprint density at radius 2 is 2.06 bits per heavy atom. The molecule has 0 aliphatic carbocycles. The molecule has 0 amide bonds. The summed E-state index contributed by atoms with van der Waals surface area (Å²) >= 11 is 0. The highest BCUT2D eigenvalue weighted by atomic mass is 16.4. The van der Waals surface area contributed by atoms with E-state index >= 15 is 0 Å². The average molecular weight is 223 g/mol. The predicted octanol–water partition coefficient (Wildman–Crippen LogP) is 1.66. The summed E-state index contributed by atoms with van der Waals surface area (Å²) in [7, 11) is 0. The maximum Gasteiger partial charge on any atom is 0.305 e. The van der Waals surface area contributed by atoms with E-state index in [9.17, 15) is 4.79 Å². The Balaban J connectivity index is 2.55. The first-order valence-electron chi connectivity index (χ1n) is 5.19. The second-order valence-corrected chi connectivity index (χ2v) is 4.62.